The molecule has 0 fully saturated rings. The van der Waals surface area contributed by atoms with Crippen LogP contribution in [0.25, 0.3) is 0 Å². The highest BCUT2D eigenvalue weighted by Crippen LogP contribution is 2.39. The molecule has 0 saturated heterocycles. The fourth-order valence-electron chi connectivity index (χ4n) is 2.65. The van der Waals surface area contributed by atoms with Crippen LogP contribution in [0.1, 0.15) is 27.6 Å². The predicted molar refractivity (Wildman–Crippen MR) is 108 cm³/mol. The molecule has 0 saturated carbocycles. The molecule has 0 spiro atoms. The van der Waals surface area contributed by atoms with Crippen molar-refractivity contribution in [1.82, 2.24) is 0 Å². The lowest BCUT2D eigenvalue weighted by Crippen LogP contribution is -2.05. The number of methoxy groups -OCH3 is 1. The van der Waals surface area contributed by atoms with Gasteiger partial charge in [0.15, 0.2) is 5.78 Å². The molecule has 3 aromatic rings. The first kappa shape index (κ1) is 19.5. The Kier molecular flexibility index (Phi) is 6.54. The van der Waals surface area contributed by atoms with Gasteiger partial charge in [0.1, 0.15) is 11.6 Å². The highest BCUT2D eigenvalue weighted by atomic mass is 35.5. The van der Waals surface area contributed by atoms with Crippen LogP contribution in [0.4, 0.5) is 4.39 Å². The number of hydrogen-bond donors (Lipinski definition) is 0. The molecule has 5 heteroatoms. The number of thioether (sulfide) groups is 1. The number of carbonyl (C=O) groups excluding carboxylic acids is 1. The molecule has 3 rings (SSSR count). The maximum atomic E-state index is 13.2. The van der Waals surface area contributed by atoms with Crippen molar-refractivity contribution in [2.45, 2.75) is 16.6 Å². The van der Waals surface area contributed by atoms with Crippen LogP contribution in [0.3, 0.4) is 0 Å². The van der Waals surface area contributed by atoms with Crippen LogP contribution >= 0.6 is 23.4 Å². The SMILES string of the molecule is COc1ccc(C(=O)CC(Sc2ccc(F)cc2)c2ccc(Cl)cc2)cc1. The molecule has 1 unspecified atom stereocenters. The summed E-state index contributed by atoms with van der Waals surface area (Å²) in [7, 11) is 1.59. The van der Waals surface area contributed by atoms with Crippen molar-refractivity contribution in [2.24, 2.45) is 0 Å². The van der Waals surface area contributed by atoms with E-state index in [-0.39, 0.29) is 16.9 Å². The molecular weight excluding hydrogens is 383 g/mol. The van der Waals surface area contributed by atoms with E-state index in [1.807, 2.05) is 24.3 Å². The third-order valence-corrected chi connectivity index (χ3v) is 5.64. The van der Waals surface area contributed by atoms with Gasteiger partial charge in [0.25, 0.3) is 0 Å². The summed E-state index contributed by atoms with van der Waals surface area (Å²) in [6.45, 7) is 0. The van der Waals surface area contributed by atoms with Gasteiger partial charge in [0, 0.05) is 27.2 Å². The number of benzene rings is 3. The van der Waals surface area contributed by atoms with Gasteiger partial charge in [-0.2, -0.15) is 0 Å². The molecular formula is C22H18ClFO2S. The maximum absolute atomic E-state index is 13.2. The van der Waals surface area contributed by atoms with E-state index in [9.17, 15) is 9.18 Å². The van der Waals surface area contributed by atoms with Crippen LogP contribution in [0.2, 0.25) is 5.02 Å². The quantitative estimate of drug-likeness (QED) is 0.330. The number of Topliss-reactive ketones (excluding diaryl/α,β-unsaturated/α-hetero) is 1. The first-order valence-corrected chi connectivity index (χ1v) is 9.66. The van der Waals surface area contributed by atoms with Gasteiger partial charge < -0.3 is 4.74 Å². The summed E-state index contributed by atoms with van der Waals surface area (Å²) in [5.41, 5.74) is 1.63. The highest BCUT2D eigenvalue weighted by molar-refractivity contribution is 7.99. The van der Waals surface area contributed by atoms with Crippen molar-refractivity contribution in [3.63, 3.8) is 0 Å². The number of ether oxygens (including phenoxy) is 1. The standard InChI is InChI=1S/C22H18ClFO2S/c1-26-19-10-4-15(5-11-19)21(25)14-22(16-2-6-17(23)7-3-16)27-20-12-8-18(24)9-13-20/h2-13,22H,14H2,1H3. The number of halogens is 2. The summed E-state index contributed by atoms with van der Waals surface area (Å²) in [4.78, 5) is 13.7. The Morgan fingerprint density at radius 2 is 1.63 bits per heavy atom. The lowest BCUT2D eigenvalue weighted by Gasteiger charge is -2.17. The molecule has 0 aliphatic carbocycles. The van der Waals surface area contributed by atoms with E-state index in [0.29, 0.717) is 22.8 Å². The van der Waals surface area contributed by atoms with E-state index in [1.165, 1.54) is 23.9 Å². The molecule has 27 heavy (non-hydrogen) atoms. The second-order valence-electron chi connectivity index (χ2n) is 5.97. The Morgan fingerprint density at radius 1 is 1.00 bits per heavy atom. The van der Waals surface area contributed by atoms with Crippen LogP contribution in [-0.2, 0) is 0 Å². The van der Waals surface area contributed by atoms with E-state index >= 15 is 0 Å². The van der Waals surface area contributed by atoms with Crippen LogP contribution < -0.4 is 4.74 Å². The van der Waals surface area contributed by atoms with Crippen molar-refractivity contribution in [3.8, 4) is 5.75 Å². The van der Waals surface area contributed by atoms with Gasteiger partial charge in [0.05, 0.1) is 7.11 Å². The molecule has 0 heterocycles. The van der Waals surface area contributed by atoms with Crippen molar-refractivity contribution >= 4 is 29.1 Å². The second-order valence-corrected chi connectivity index (χ2v) is 7.68. The first-order valence-electron chi connectivity index (χ1n) is 8.40. The molecule has 1 atom stereocenters. The Balaban J connectivity index is 1.82. The number of hydrogen-bond acceptors (Lipinski definition) is 3. The minimum absolute atomic E-state index is 0.0345. The first-order chi connectivity index (χ1) is 13.0. The van der Waals surface area contributed by atoms with Gasteiger partial charge in [-0.15, -0.1) is 11.8 Å². The second kappa shape index (κ2) is 9.07. The van der Waals surface area contributed by atoms with Crippen LogP contribution in [0, 0.1) is 5.82 Å². The summed E-state index contributed by atoms with van der Waals surface area (Å²) in [6.07, 6.45) is 0.315. The summed E-state index contributed by atoms with van der Waals surface area (Å²) < 4.78 is 18.3. The van der Waals surface area contributed by atoms with Gasteiger partial charge in [-0.1, -0.05) is 23.7 Å². The Morgan fingerprint density at radius 3 is 2.22 bits per heavy atom. The van der Waals surface area contributed by atoms with E-state index in [4.69, 9.17) is 16.3 Å². The summed E-state index contributed by atoms with van der Waals surface area (Å²) in [5.74, 6) is 0.463. The van der Waals surface area contributed by atoms with Crippen LogP contribution in [0.5, 0.6) is 5.75 Å². The van der Waals surface area contributed by atoms with Crippen molar-refractivity contribution in [2.75, 3.05) is 7.11 Å². The number of rotatable bonds is 7. The minimum Gasteiger partial charge on any atom is -0.497 e. The van der Waals surface area contributed by atoms with Gasteiger partial charge in [-0.25, -0.2) is 4.39 Å². The lowest BCUT2D eigenvalue weighted by atomic mass is 10.0. The topological polar surface area (TPSA) is 26.3 Å². The normalized spacial score (nSPS) is 11.8. The zero-order valence-corrected chi connectivity index (χ0v) is 16.3. The molecule has 0 aromatic heterocycles. The third-order valence-electron chi connectivity index (χ3n) is 4.12. The van der Waals surface area contributed by atoms with E-state index < -0.39 is 0 Å². The highest BCUT2D eigenvalue weighted by Gasteiger charge is 2.19. The average molecular weight is 401 g/mol. The van der Waals surface area contributed by atoms with E-state index in [0.717, 1.165) is 10.5 Å². The summed E-state index contributed by atoms with van der Waals surface area (Å²) in [6, 6.07) is 20.8. The molecule has 138 valence electrons. The van der Waals surface area contributed by atoms with Gasteiger partial charge in [-0.05, 0) is 66.2 Å². The molecule has 0 bridgehead atoms. The average Bonchev–Trinajstić information content (AvgIpc) is 2.70. The molecule has 0 radical (unpaired) electrons. The maximum Gasteiger partial charge on any atom is 0.164 e. The molecule has 0 amide bonds. The molecule has 0 N–H and O–H groups in total. The molecule has 2 nitrogen and oxygen atoms in total. The zero-order chi connectivity index (χ0) is 19.2. The van der Waals surface area contributed by atoms with Crippen molar-refractivity contribution in [3.05, 3.63) is 94.8 Å². The van der Waals surface area contributed by atoms with Gasteiger partial charge >= 0.3 is 0 Å². The van der Waals surface area contributed by atoms with E-state index in [1.54, 1.807) is 43.5 Å². The fourth-order valence-corrected chi connectivity index (χ4v) is 3.92. The molecule has 0 aliphatic heterocycles. The Labute approximate surface area is 167 Å². The minimum atomic E-state index is -0.281. The Bertz CT molecular complexity index is 893. The largest absolute Gasteiger partial charge is 0.497 e. The van der Waals surface area contributed by atoms with E-state index in [2.05, 4.69) is 0 Å². The smallest absolute Gasteiger partial charge is 0.164 e. The third kappa shape index (κ3) is 5.34. The predicted octanol–water partition coefficient (Wildman–Crippen LogP) is 6.59. The van der Waals surface area contributed by atoms with Crippen LogP contribution in [0.15, 0.2) is 77.7 Å². The van der Waals surface area contributed by atoms with Crippen molar-refractivity contribution < 1.29 is 13.9 Å². The fraction of sp³-hybridized carbons (Fsp3) is 0.136. The lowest BCUT2D eigenvalue weighted by molar-refractivity contribution is 0.0982. The monoisotopic (exact) mass is 400 g/mol. The van der Waals surface area contributed by atoms with Crippen molar-refractivity contribution in [1.29, 1.82) is 0 Å². The number of carbonyl (C=O) groups is 1. The summed E-state index contributed by atoms with van der Waals surface area (Å²) >= 11 is 7.53. The number of ketones is 1. The van der Waals surface area contributed by atoms with Gasteiger partial charge in [0.2, 0.25) is 0 Å². The van der Waals surface area contributed by atoms with Crippen LogP contribution in [-0.4, -0.2) is 12.9 Å². The Hall–Kier alpha value is -2.30. The van der Waals surface area contributed by atoms with Gasteiger partial charge in [-0.3, -0.25) is 4.79 Å². The molecule has 3 aromatic carbocycles. The zero-order valence-electron chi connectivity index (χ0n) is 14.7. The summed E-state index contributed by atoms with van der Waals surface area (Å²) in [5, 5.41) is 0.535. The molecule has 0 aliphatic rings.